The Morgan fingerprint density at radius 1 is 1.19 bits per heavy atom. The largest absolute Gasteiger partial charge is 0.497 e. The molecule has 1 aromatic carbocycles. The van der Waals surface area contributed by atoms with Crippen LogP contribution in [-0.4, -0.2) is 41.7 Å². The Hall–Kier alpha value is -3.10. The number of aromatic nitrogens is 2. The third-order valence-electron chi connectivity index (χ3n) is 6.33. The minimum Gasteiger partial charge on any atom is -0.497 e. The van der Waals surface area contributed by atoms with Crippen molar-refractivity contribution in [3.05, 3.63) is 34.6 Å². The Balaban J connectivity index is 1.73. The number of hydrogen-bond donors (Lipinski definition) is 1. The number of fused-ring (bicyclic) bond motifs is 2. The summed E-state index contributed by atoms with van der Waals surface area (Å²) in [5.74, 6) is 1.64. The first-order valence-electron chi connectivity index (χ1n) is 10.4. The van der Waals surface area contributed by atoms with Gasteiger partial charge in [-0.2, -0.15) is 0 Å². The van der Waals surface area contributed by atoms with Crippen LogP contribution < -0.4 is 19.7 Å². The van der Waals surface area contributed by atoms with Crippen LogP contribution in [0, 0.1) is 20.9 Å². The maximum Gasteiger partial charge on any atom is 0.353 e. The van der Waals surface area contributed by atoms with Gasteiger partial charge in [-0.3, -0.25) is 10.1 Å². The normalized spacial score (nSPS) is 24.0. The number of nitrogens with one attached hydrogen (secondary N) is 1. The average molecular weight is 428 g/mol. The van der Waals surface area contributed by atoms with Gasteiger partial charge in [0, 0.05) is 18.7 Å². The molecule has 31 heavy (non-hydrogen) atoms. The van der Waals surface area contributed by atoms with E-state index >= 15 is 0 Å². The SMILES string of the molecule is COc1ccc(Nc2ncnc(N3CC4(C)CC3CC(C)(C)C4)c2[N+](=O)[O-])c(OC)c1. The van der Waals surface area contributed by atoms with Crippen LogP contribution in [0.15, 0.2) is 24.5 Å². The van der Waals surface area contributed by atoms with E-state index in [-0.39, 0.29) is 28.4 Å². The molecule has 166 valence electrons. The molecule has 1 N–H and O–H groups in total. The summed E-state index contributed by atoms with van der Waals surface area (Å²) in [5.41, 5.74) is 0.766. The van der Waals surface area contributed by atoms with Crippen LogP contribution in [0.25, 0.3) is 0 Å². The second kappa shape index (κ2) is 7.55. The van der Waals surface area contributed by atoms with E-state index in [0.29, 0.717) is 23.0 Å². The Morgan fingerprint density at radius 3 is 2.65 bits per heavy atom. The van der Waals surface area contributed by atoms with E-state index in [9.17, 15) is 10.1 Å². The topological polar surface area (TPSA) is 103 Å². The minimum atomic E-state index is -0.399. The molecule has 1 aromatic heterocycles. The van der Waals surface area contributed by atoms with Gasteiger partial charge in [0.15, 0.2) is 0 Å². The van der Waals surface area contributed by atoms with Crippen LogP contribution in [0.2, 0.25) is 0 Å². The maximum absolute atomic E-state index is 12.2. The van der Waals surface area contributed by atoms with Gasteiger partial charge in [-0.25, -0.2) is 9.97 Å². The highest BCUT2D eigenvalue weighted by Gasteiger charge is 2.51. The van der Waals surface area contributed by atoms with E-state index < -0.39 is 4.92 Å². The van der Waals surface area contributed by atoms with Crippen LogP contribution in [0.4, 0.5) is 23.0 Å². The van der Waals surface area contributed by atoms with E-state index in [2.05, 4.69) is 41.0 Å². The molecule has 2 fully saturated rings. The highest BCUT2D eigenvalue weighted by atomic mass is 16.6. The monoisotopic (exact) mass is 427 g/mol. The van der Waals surface area contributed by atoms with Gasteiger partial charge in [-0.15, -0.1) is 0 Å². The molecule has 9 heteroatoms. The van der Waals surface area contributed by atoms with Crippen LogP contribution in [0.1, 0.15) is 40.0 Å². The smallest absolute Gasteiger partial charge is 0.353 e. The zero-order valence-corrected chi connectivity index (χ0v) is 18.6. The molecule has 0 spiro atoms. The molecular weight excluding hydrogens is 398 g/mol. The first-order chi connectivity index (χ1) is 14.6. The number of anilines is 3. The highest BCUT2D eigenvalue weighted by molar-refractivity contribution is 5.77. The lowest BCUT2D eigenvalue weighted by molar-refractivity contribution is -0.383. The molecule has 1 saturated heterocycles. The number of ether oxygens (including phenoxy) is 2. The molecule has 0 amide bonds. The molecule has 2 bridgehead atoms. The Kier molecular flexibility index (Phi) is 5.15. The van der Waals surface area contributed by atoms with Gasteiger partial charge in [-0.05, 0) is 42.2 Å². The second-order valence-corrected chi connectivity index (χ2v) is 9.68. The number of methoxy groups -OCH3 is 2. The fourth-order valence-corrected chi connectivity index (χ4v) is 5.58. The van der Waals surface area contributed by atoms with Crippen molar-refractivity contribution in [3.8, 4) is 11.5 Å². The van der Waals surface area contributed by atoms with E-state index in [4.69, 9.17) is 9.47 Å². The number of rotatable bonds is 6. The van der Waals surface area contributed by atoms with Crippen molar-refractivity contribution in [1.82, 2.24) is 9.97 Å². The first kappa shape index (κ1) is 21.1. The third-order valence-corrected chi connectivity index (χ3v) is 6.33. The zero-order chi connectivity index (χ0) is 22.4. The average Bonchev–Trinajstić information content (AvgIpc) is 2.96. The quantitative estimate of drug-likeness (QED) is 0.529. The van der Waals surface area contributed by atoms with E-state index in [1.54, 1.807) is 25.3 Å². The second-order valence-electron chi connectivity index (χ2n) is 9.68. The van der Waals surface area contributed by atoms with Crippen LogP contribution >= 0.6 is 0 Å². The summed E-state index contributed by atoms with van der Waals surface area (Å²) in [5, 5.41) is 15.2. The molecule has 4 rings (SSSR count). The van der Waals surface area contributed by atoms with Gasteiger partial charge in [-0.1, -0.05) is 20.8 Å². The van der Waals surface area contributed by atoms with E-state index in [0.717, 1.165) is 25.8 Å². The van der Waals surface area contributed by atoms with Crippen LogP contribution in [0.5, 0.6) is 11.5 Å². The summed E-state index contributed by atoms with van der Waals surface area (Å²) >= 11 is 0. The summed E-state index contributed by atoms with van der Waals surface area (Å²) in [6.07, 6.45) is 4.49. The van der Waals surface area contributed by atoms with Gasteiger partial charge in [0.25, 0.3) is 0 Å². The molecule has 9 nitrogen and oxygen atoms in total. The Morgan fingerprint density at radius 2 is 1.97 bits per heavy atom. The molecule has 0 radical (unpaired) electrons. The summed E-state index contributed by atoms with van der Waals surface area (Å²) in [7, 11) is 3.10. The number of hydrogen-bond acceptors (Lipinski definition) is 8. The van der Waals surface area contributed by atoms with E-state index in [1.165, 1.54) is 13.4 Å². The maximum atomic E-state index is 12.2. The lowest BCUT2D eigenvalue weighted by Gasteiger charge is -2.39. The summed E-state index contributed by atoms with van der Waals surface area (Å²) < 4.78 is 10.6. The van der Waals surface area contributed by atoms with Crippen molar-refractivity contribution in [1.29, 1.82) is 0 Å². The summed E-state index contributed by atoms with van der Waals surface area (Å²) in [6, 6.07) is 5.44. The van der Waals surface area contributed by atoms with Gasteiger partial charge in [0.1, 0.15) is 17.8 Å². The summed E-state index contributed by atoms with van der Waals surface area (Å²) in [4.78, 5) is 22.4. The van der Waals surface area contributed by atoms with Crippen LogP contribution in [-0.2, 0) is 0 Å². The standard InChI is InChI=1S/C22H29N5O4/c1-21(2)9-14-10-22(3,11-21)12-26(14)20-18(27(28)29)19(23-13-24-20)25-16-7-6-15(30-4)8-17(16)31-5/h6-8,13-14H,9-12H2,1-5H3,(H,23,24,25). The molecule has 2 atom stereocenters. The van der Waals surface area contributed by atoms with Crippen molar-refractivity contribution in [3.63, 3.8) is 0 Å². The number of nitrogens with zero attached hydrogens (tertiary/aromatic N) is 4. The molecular formula is C22H29N5O4. The van der Waals surface area contributed by atoms with Gasteiger partial charge < -0.3 is 19.7 Å². The van der Waals surface area contributed by atoms with Crippen molar-refractivity contribution < 1.29 is 14.4 Å². The lowest BCUT2D eigenvalue weighted by Crippen LogP contribution is -2.35. The Labute approximate surface area is 181 Å². The fourth-order valence-electron chi connectivity index (χ4n) is 5.58. The molecule has 2 unspecified atom stereocenters. The predicted octanol–water partition coefficient (Wildman–Crippen LogP) is 4.55. The van der Waals surface area contributed by atoms with Gasteiger partial charge >= 0.3 is 5.69 Å². The molecule has 1 saturated carbocycles. The lowest BCUT2D eigenvalue weighted by atomic mass is 9.65. The van der Waals surface area contributed by atoms with Gasteiger partial charge in [0.2, 0.25) is 11.6 Å². The molecule has 1 aliphatic carbocycles. The fraction of sp³-hybridized carbons (Fsp3) is 0.545. The van der Waals surface area contributed by atoms with Crippen LogP contribution in [0.3, 0.4) is 0 Å². The molecule has 2 heterocycles. The van der Waals surface area contributed by atoms with Crippen molar-refractivity contribution in [2.45, 2.75) is 46.1 Å². The van der Waals surface area contributed by atoms with Crippen molar-refractivity contribution >= 4 is 23.0 Å². The highest BCUT2D eigenvalue weighted by Crippen LogP contribution is 2.54. The first-order valence-corrected chi connectivity index (χ1v) is 10.4. The zero-order valence-electron chi connectivity index (χ0n) is 18.6. The molecule has 2 aromatic rings. The number of nitro groups is 1. The van der Waals surface area contributed by atoms with Gasteiger partial charge in [0.05, 0.1) is 24.8 Å². The minimum absolute atomic E-state index is 0.116. The Bertz CT molecular complexity index is 1010. The molecule has 1 aliphatic heterocycles. The van der Waals surface area contributed by atoms with E-state index in [1.807, 2.05) is 0 Å². The third kappa shape index (κ3) is 3.96. The predicted molar refractivity (Wildman–Crippen MR) is 118 cm³/mol. The molecule has 2 aliphatic rings. The van der Waals surface area contributed by atoms with Crippen molar-refractivity contribution in [2.75, 3.05) is 31.0 Å². The number of benzene rings is 1. The summed E-state index contributed by atoms with van der Waals surface area (Å²) in [6.45, 7) is 7.58. The van der Waals surface area contributed by atoms with Crippen molar-refractivity contribution in [2.24, 2.45) is 10.8 Å².